The zero-order valence-corrected chi connectivity index (χ0v) is 12.0. The Morgan fingerprint density at radius 1 is 1.22 bits per heavy atom. The van der Waals surface area contributed by atoms with Crippen LogP contribution >= 0.6 is 11.8 Å². The summed E-state index contributed by atoms with van der Waals surface area (Å²) < 4.78 is 0. The van der Waals surface area contributed by atoms with Crippen LogP contribution in [-0.4, -0.2) is 28.6 Å². The van der Waals surface area contributed by atoms with Crippen molar-refractivity contribution in [3.8, 4) is 0 Å². The van der Waals surface area contributed by atoms with Crippen LogP contribution in [0.5, 0.6) is 0 Å². The summed E-state index contributed by atoms with van der Waals surface area (Å²) in [5.41, 5.74) is 0. The van der Waals surface area contributed by atoms with Crippen molar-refractivity contribution in [3.05, 3.63) is 30.3 Å². The zero-order chi connectivity index (χ0) is 13.0. The summed E-state index contributed by atoms with van der Waals surface area (Å²) in [7, 11) is 0. The highest BCUT2D eigenvalue weighted by molar-refractivity contribution is 8.00. The van der Waals surface area contributed by atoms with Crippen molar-refractivity contribution in [2.45, 2.75) is 50.1 Å². The summed E-state index contributed by atoms with van der Waals surface area (Å²) in [6.45, 7) is 4.33. The molecule has 0 radical (unpaired) electrons. The maximum atomic E-state index is 12.3. The van der Waals surface area contributed by atoms with Crippen LogP contribution in [-0.2, 0) is 4.79 Å². The molecule has 1 aliphatic rings. The molecule has 0 spiro atoms. The van der Waals surface area contributed by atoms with Crippen LogP contribution in [0.4, 0.5) is 0 Å². The van der Waals surface area contributed by atoms with E-state index in [9.17, 15) is 4.79 Å². The van der Waals surface area contributed by atoms with E-state index in [1.54, 1.807) is 11.8 Å². The third-order valence-corrected chi connectivity index (χ3v) is 4.58. The van der Waals surface area contributed by atoms with Gasteiger partial charge in [0.15, 0.2) is 0 Å². The van der Waals surface area contributed by atoms with E-state index in [2.05, 4.69) is 30.9 Å². The molecule has 0 N–H and O–H groups in total. The van der Waals surface area contributed by atoms with E-state index >= 15 is 0 Å². The first-order valence-corrected chi connectivity index (χ1v) is 7.66. The molecule has 2 atom stereocenters. The normalized spacial score (nSPS) is 24.0. The second kappa shape index (κ2) is 6.28. The number of piperidine rings is 1. The van der Waals surface area contributed by atoms with Crippen molar-refractivity contribution in [3.63, 3.8) is 0 Å². The van der Waals surface area contributed by atoms with Crippen LogP contribution < -0.4 is 0 Å². The summed E-state index contributed by atoms with van der Waals surface area (Å²) in [6, 6.07) is 10.9. The van der Waals surface area contributed by atoms with E-state index in [0.29, 0.717) is 17.8 Å². The average molecular weight is 263 g/mol. The molecule has 0 saturated carbocycles. The maximum absolute atomic E-state index is 12.3. The molecule has 18 heavy (non-hydrogen) atoms. The highest BCUT2D eigenvalue weighted by atomic mass is 32.2. The molecule has 98 valence electrons. The van der Waals surface area contributed by atoms with Crippen molar-refractivity contribution < 1.29 is 4.79 Å². The third kappa shape index (κ3) is 3.29. The average Bonchev–Trinajstić information content (AvgIpc) is 2.37. The van der Waals surface area contributed by atoms with Crippen molar-refractivity contribution in [2.75, 3.05) is 5.75 Å². The molecule has 1 amide bonds. The summed E-state index contributed by atoms with van der Waals surface area (Å²) in [5, 5.41) is 0. The van der Waals surface area contributed by atoms with E-state index in [4.69, 9.17) is 0 Å². The zero-order valence-electron chi connectivity index (χ0n) is 11.1. The summed E-state index contributed by atoms with van der Waals surface area (Å²) in [4.78, 5) is 15.5. The second-order valence-corrected chi connectivity index (χ2v) is 6.08. The molecule has 1 fully saturated rings. The number of nitrogens with zero attached hydrogens (tertiary/aromatic N) is 1. The number of likely N-dealkylation sites (tertiary alicyclic amines) is 1. The number of carbonyl (C=O) groups excluding carboxylic acids is 1. The lowest BCUT2D eigenvalue weighted by Gasteiger charge is -2.39. The molecule has 0 aromatic heterocycles. The van der Waals surface area contributed by atoms with Crippen molar-refractivity contribution >= 4 is 17.7 Å². The second-order valence-electron chi connectivity index (χ2n) is 5.03. The van der Waals surface area contributed by atoms with Gasteiger partial charge in [-0.05, 0) is 45.2 Å². The van der Waals surface area contributed by atoms with Crippen LogP contribution in [0.25, 0.3) is 0 Å². The van der Waals surface area contributed by atoms with E-state index in [-0.39, 0.29) is 5.91 Å². The van der Waals surface area contributed by atoms with Crippen molar-refractivity contribution in [1.29, 1.82) is 0 Å². The Morgan fingerprint density at radius 3 is 2.44 bits per heavy atom. The Labute approximate surface area is 114 Å². The largest absolute Gasteiger partial charge is 0.337 e. The minimum Gasteiger partial charge on any atom is -0.337 e. The van der Waals surface area contributed by atoms with Crippen molar-refractivity contribution in [1.82, 2.24) is 4.90 Å². The SMILES string of the molecule is C[C@@H]1CCC[C@@H](C)N1C(=O)CSc1ccccc1. The van der Waals surface area contributed by atoms with Crippen LogP contribution in [0.15, 0.2) is 35.2 Å². The lowest BCUT2D eigenvalue weighted by Crippen LogP contribution is -2.48. The number of hydrogen-bond acceptors (Lipinski definition) is 2. The topological polar surface area (TPSA) is 20.3 Å². The van der Waals surface area contributed by atoms with Crippen LogP contribution in [0.1, 0.15) is 33.1 Å². The van der Waals surface area contributed by atoms with Gasteiger partial charge in [-0.15, -0.1) is 11.8 Å². The standard InChI is InChI=1S/C15H21NOS/c1-12-7-6-8-13(2)16(12)15(17)11-18-14-9-4-3-5-10-14/h3-5,9-10,12-13H,6-8,11H2,1-2H3/t12-,13-/m1/s1. The molecule has 1 aromatic carbocycles. The Hall–Kier alpha value is -0.960. The van der Waals surface area contributed by atoms with E-state index < -0.39 is 0 Å². The van der Waals surface area contributed by atoms with Crippen LogP contribution in [0.3, 0.4) is 0 Å². The molecule has 2 nitrogen and oxygen atoms in total. The lowest BCUT2D eigenvalue weighted by atomic mass is 9.98. The molecule has 3 heteroatoms. The highest BCUT2D eigenvalue weighted by Crippen LogP contribution is 2.25. The summed E-state index contributed by atoms with van der Waals surface area (Å²) >= 11 is 1.64. The van der Waals surface area contributed by atoms with Gasteiger partial charge in [0.05, 0.1) is 5.75 Å². The van der Waals surface area contributed by atoms with Gasteiger partial charge < -0.3 is 4.90 Å². The molecule has 1 aliphatic heterocycles. The van der Waals surface area contributed by atoms with E-state index in [1.165, 1.54) is 11.3 Å². The minimum absolute atomic E-state index is 0.281. The Bertz CT molecular complexity index is 383. The van der Waals surface area contributed by atoms with Gasteiger partial charge in [0.2, 0.25) is 5.91 Å². The highest BCUT2D eigenvalue weighted by Gasteiger charge is 2.28. The fourth-order valence-corrected chi connectivity index (χ4v) is 3.44. The summed E-state index contributed by atoms with van der Waals surface area (Å²) in [5.74, 6) is 0.835. The number of hydrogen-bond donors (Lipinski definition) is 0. The fourth-order valence-electron chi connectivity index (χ4n) is 2.65. The number of carbonyl (C=O) groups is 1. The number of benzene rings is 1. The van der Waals surface area contributed by atoms with Crippen LogP contribution in [0, 0.1) is 0 Å². The molecular formula is C15H21NOS. The lowest BCUT2D eigenvalue weighted by molar-refractivity contribution is -0.134. The first-order chi connectivity index (χ1) is 8.68. The molecule has 2 rings (SSSR count). The molecule has 0 unspecified atom stereocenters. The molecule has 0 aliphatic carbocycles. The Kier molecular flexibility index (Phi) is 4.70. The smallest absolute Gasteiger partial charge is 0.233 e. The first kappa shape index (κ1) is 13.5. The Balaban J connectivity index is 1.91. The van der Waals surface area contributed by atoms with Gasteiger partial charge in [0.1, 0.15) is 0 Å². The summed E-state index contributed by atoms with van der Waals surface area (Å²) in [6.07, 6.45) is 3.54. The number of rotatable bonds is 3. The van der Waals surface area contributed by atoms with Gasteiger partial charge in [0.25, 0.3) is 0 Å². The quantitative estimate of drug-likeness (QED) is 0.777. The number of amides is 1. The van der Waals surface area contributed by atoms with Crippen LogP contribution in [0.2, 0.25) is 0 Å². The number of thioether (sulfide) groups is 1. The predicted octanol–water partition coefficient (Wildman–Crippen LogP) is 3.57. The van der Waals surface area contributed by atoms with Crippen molar-refractivity contribution in [2.24, 2.45) is 0 Å². The maximum Gasteiger partial charge on any atom is 0.233 e. The van der Waals surface area contributed by atoms with Gasteiger partial charge in [-0.1, -0.05) is 18.2 Å². The Morgan fingerprint density at radius 2 is 1.83 bits per heavy atom. The minimum atomic E-state index is 0.281. The molecule has 1 heterocycles. The molecule has 1 aromatic rings. The monoisotopic (exact) mass is 263 g/mol. The van der Waals surface area contributed by atoms with E-state index in [1.807, 2.05) is 18.2 Å². The fraction of sp³-hybridized carbons (Fsp3) is 0.533. The van der Waals surface area contributed by atoms with E-state index in [0.717, 1.165) is 12.8 Å². The third-order valence-electron chi connectivity index (χ3n) is 3.59. The van der Waals surface area contributed by atoms with Gasteiger partial charge in [-0.25, -0.2) is 0 Å². The van der Waals surface area contributed by atoms with Gasteiger partial charge >= 0.3 is 0 Å². The van der Waals surface area contributed by atoms with Gasteiger partial charge in [-0.3, -0.25) is 4.79 Å². The predicted molar refractivity (Wildman–Crippen MR) is 76.8 cm³/mol. The van der Waals surface area contributed by atoms with Gasteiger partial charge in [-0.2, -0.15) is 0 Å². The first-order valence-electron chi connectivity index (χ1n) is 6.67. The molecule has 1 saturated heterocycles. The van der Waals surface area contributed by atoms with Gasteiger partial charge in [0, 0.05) is 17.0 Å². The molecule has 0 bridgehead atoms. The molecular weight excluding hydrogens is 242 g/mol.